The first-order valence-electron chi connectivity index (χ1n) is 6.93. The number of hydrogen-bond donors (Lipinski definition) is 0. The molecule has 0 atom stereocenters. The van der Waals surface area contributed by atoms with Gasteiger partial charge >= 0.3 is 0 Å². The molecular formula is C18H12BrN2O2-. The van der Waals surface area contributed by atoms with Crippen molar-refractivity contribution in [1.82, 2.24) is 9.78 Å². The summed E-state index contributed by atoms with van der Waals surface area (Å²) in [5.74, 6) is -1.24. The number of aromatic nitrogens is 2. The van der Waals surface area contributed by atoms with Crippen molar-refractivity contribution in [2.24, 2.45) is 0 Å². The van der Waals surface area contributed by atoms with Crippen LogP contribution >= 0.6 is 15.9 Å². The Morgan fingerprint density at radius 1 is 1.13 bits per heavy atom. The van der Waals surface area contributed by atoms with Crippen molar-refractivity contribution < 1.29 is 9.90 Å². The number of para-hydroxylation sites is 1. The normalized spacial score (nSPS) is 11.0. The number of hydrogen-bond acceptors (Lipinski definition) is 3. The predicted octanol–water partition coefficient (Wildman–Crippen LogP) is 3.06. The average Bonchev–Trinajstić information content (AvgIpc) is 2.98. The minimum Gasteiger partial charge on any atom is -0.545 e. The molecule has 0 aliphatic carbocycles. The van der Waals surface area contributed by atoms with Gasteiger partial charge in [-0.2, -0.15) is 5.10 Å². The maximum absolute atomic E-state index is 10.7. The van der Waals surface area contributed by atoms with Gasteiger partial charge in [0.1, 0.15) is 0 Å². The summed E-state index contributed by atoms with van der Waals surface area (Å²) < 4.78 is 2.66. The van der Waals surface area contributed by atoms with Crippen LogP contribution < -0.4 is 5.11 Å². The number of halogens is 1. The molecule has 0 aliphatic rings. The van der Waals surface area contributed by atoms with Crippen molar-refractivity contribution >= 4 is 28.0 Å². The summed E-state index contributed by atoms with van der Waals surface area (Å²) in [6, 6.07) is 17.3. The summed E-state index contributed by atoms with van der Waals surface area (Å²) in [5.41, 5.74) is 3.20. The van der Waals surface area contributed by atoms with Crippen molar-refractivity contribution in [3.8, 4) is 16.9 Å². The molecule has 1 heterocycles. The van der Waals surface area contributed by atoms with E-state index in [0.717, 1.165) is 21.8 Å². The highest BCUT2D eigenvalue weighted by molar-refractivity contribution is 9.10. The average molecular weight is 368 g/mol. The molecule has 0 aliphatic heterocycles. The van der Waals surface area contributed by atoms with Gasteiger partial charge in [0.2, 0.25) is 0 Å². The van der Waals surface area contributed by atoms with Gasteiger partial charge in [-0.1, -0.05) is 46.3 Å². The Morgan fingerprint density at radius 3 is 2.61 bits per heavy atom. The fraction of sp³-hybridized carbons (Fsp3) is 0. The first-order valence-corrected chi connectivity index (χ1v) is 7.73. The van der Waals surface area contributed by atoms with Crippen LogP contribution in [0.5, 0.6) is 0 Å². The number of carboxylic acids is 1. The summed E-state index contributed by atoms with van der Waals surface area (Å²) in [7, 11) is 0. The molecule has 0 fully saturated rings. The first-order chi connectivity index (χ1) is 11.1. The van der Waals surface area contributed by atoms with Gasteiger partial charge in [0.25, 0.3) is 0 Å². The van der Waals surface area contributed by atoms with E-state index in [1.54, 1.807) is 10.9 Å². The molecule has 0 saturated heterocycles. The molecule has 0 spiro atoms. The highest BCUT2D eigenvalue weighted by Crippen LogP contribution is 2.27. The molecule has 3 aromatic rings. The van der Waals surface area contributed by atoms with Crippen molar-refractivity contribution in [2.45, 2.75) is 0 Å². The topological polar surface area (TPSA) is 57.9 Å². The maximum Gasteiger partial charge on any atom is 0.1000 e. The number of nitrogens with zero attached hydrogens (tertiary/aromatic N) is 2. The van der Waals surface area contributed by atoms with E-state index in [-0.39, 0.29) is 0 Å². The molecule has 0 unspecified atom stereocenters. The van der Waals surface area contributed by atoms with Gasteiger partial charge < -0.3 is 9.90 Å². The highest BCUT2D eigenvalue weighted by atomic mass is 79.9. The van der Waals surface area contributed by atoms with Crippen LogP contribution in [0.1, 0.15) is 5.56 Å². The van der Waals surface area contributed by atoms with E-state index in [9.17, 15) is 9.90 Å². The van der Waals surface area contributed by atoms with E-state index in [4.69, 9.17) is 0 Å². The second-order valence-corrected chi connectivity index (χ2v) is 5.79. The number of rotatable bonds is 4. The van der Waals surface area contributed by atoms with Crippen molar-refractivity contribution in [2.75, 3.05) is 0 Å². The summed E-state index contributed by atoms with van der Waals surface area (Å²) in [4.78, 5) is 10.7. The molecule has 0 amide bonds. The quantitative estimate of drug-likeness (QED) is 0.665. The summed E-state index contributed by atoms with van der Waals surface area (Å²) >= 11 is 3.44. The van der Waals surface area contributed by atoms with E-state index in [0.29, 0.717) is 11.3 Å². The molecule has 0 radical (unpaired) electrons. The zero-order valence-corrected chi connectivity index (χ0v) is 13.6. The second-order valence-electron chi connectivity index (χ2n) is 4.88. The zero-order valence-electron chi connectivity index (χ0n) is 12.0. The van der Waals surface area contributed by atoms with E-state index >= 15 is 0 Å². The van der Waals surface area contributed by atoms with Crippen molar-refractivity contribution in [3.63, 3.8) is 0 Å². The summed E-state index contributed by atoms with van der Waals surface area (Å²) in [6.07, 6.45) is 4.30. The lowest BCUT2D eigenvalue weighted by Crippen LogP contribution is -2.18. The summed E-state index contributed by atoms with van der Waals surface area (Å²) in [6.45, 7) is 0. The van der Waals surface area contributed by atoms with E-state index < -0.39 is 5.97 Å². The van der Waals surface area contributed by atoms with Crippen LogP contribution in [0.2, 0.25) is 0 Å². The van der Waals surface area contributed by atoms with Crippen LogP contribution in [0.15, 0.2) is 71.3 Å². The largest absolute Gasteiger partial charge is 0.545 e. The molecular weight excluding hydrogens is 356 g/mol. The van der Waals surface area contributed by atoms with Crippen LogP contribution in [0.4, 0.5) is 0 Å². The number of carboxylic acid groups (broad SMARTS) is 1. The Bertz CT molecular complexity index is 870. The van der Waals surface area contributed by atoms with Gasteiger partial charge in [-0.3, -0.25) is 0 Å². The Labute approximate surface area is 141 Å². The molecule has 0 bridgehead atoms. The molecule has 0 saturated carbocycles. The standard InChI is InChI=1S/C18H13BrN2O2/c19-15-6-4-5-13(11-15)18-14(9-10-17(22)23)12-21(20-18)16-7-2-1-3-8-16/h1-12H,(H,22,23)/p-1/b10-9+. The molecule has 5 heteroatoms. The maximum atomic E-state index is 10.7. The molecule has 2 aromatic carbocycles. The lowest BCUT2D eigenvalue weighted by molar-refractivity contribution is -0.297. The first kappa shape index (κ1) is 15.2. The highest BCUT2D eigenvalue weighted by Gasteiger charge is 2.10. The molecule has 23 heavy (non-hydrogen) atoms. The SMILES string of the molecule is O=C([O-])/C=C/c1cn(-c2ccccc2)nc1-c1cccc(Br)c1. The van der Waals surface area contributed by atoms with Gasteiger partial charge in [0.15, 0.2) is 0 Å². The fourth-order valence-electron chi connectivity index (χ4n) is 2.24. The third-order valence-electron chi connectivity index (χ3n) is 3.26. The van der Waals surface area contributed by atoms with Crippen LogP contribution in [0, 0.1) is 0 Å². The lowest BCUT2D eigenvalue weighted by Gasteiger charge is -2.01. The molecule has 3 rings (SSSR count). The number of carbonyl (C=O) groups excluding carboxylic acids is 1. The van der Waals surface area contributed by atoms with Gasteiger partial charge in [-0.15, -0.1) is 0 Å². The number of aliphatic carboxylic acids is 1. The third kappa shape index (κ3) is 3.57. The Balaban J connectivity index is 2.13. The van der Waals surface area contributed by atoms with Crippen LogP contribution in [-0.4, -0.2) is 15.7 Å². The minimum atomic E-state index is -1.24. The summed E-state index contributed by atoms with van der Waals surface area (Å²) in [5, 5.41) is 15.3. The lowest BCUT2D eigenvalue weighted by atomic mass is 10.1. The Kier molecular flexibility index (Phi) is 4.39. The van der Waals surface area contributed by atoms with E-state index in [1.165, 1.54) is 6.08 Å². The third-order valence-corrected chi connectivity index (χ3v) is 3.75. The zero-order chi connectivity index (χ0) is 16.2. The van der Waals surface area contributed by atoms with Crippen LogP contribution in [-0.2, 0) is 4.79 Å². The Morgan fingerprint density at radius 2 is 1.91 bits per heavy atom. The Hall–Kier alpha value is -2.66. The predicted molar refractivity (Wildman–Crippen MR) is 90.7 cm³/mol. The number of benzene rings is 2. The van der Waals surface area contributed by atoms with Gasteiger partial charge in [-0.25, -0.2) is 4.68 Å². The van der Waals surface area contributed by atoms with Crippen LogP contribution in [0.3, 0.4) is 0 Å². The van der Waals surface area contributed by atoms with Crippen molar-refractivity contribution in [3.05, 3.63) is 76.9 Å². The van der Waals surface area contributed by atoms with Crippen LogP contribution in [0.25, 0.3) is 23.0 Å². The van der Waals surface area contributed by atoms with Gasteiger partial charge in [0.05, 0.1) is 17.4 Å². The molecule has 4 nitrogen and oxygen atoms in total. The van der Waals surface area contributed by atoms with Crippen molar-refractivity contribution in [1.29, 1.82) is 0 Å². The molecule has 1 aromatic heterocycles. The minimum absolute atomic E-state index is 0.702. The van der Waals surface area contributed by atoms with E-state index in [2.05, 4.69) is 21.0 Å². The fourth-order valence-corrected chi connectivity index (χ4v) is 2.64. The van der Waals surface area contributed by atoms with Gasteiger partial charge in [0, 0.05) is 21.8 Å². The monoisotopic (exact) mass is 367 g/mol. The molecule has 114 valence electrons. The smallest absolute Gasteiger partial charge is 0.1000 e. The van der Waals surface area contributed by atoms with E-state index in [1.807, 2.05) is 54.6 Å². The van der Waals surface area contributed by atoms with Gasteiger partial charge in [-0.05, 0) is 36.4 Å². The second kappa shape index (κ2) is 6.62. The number of carbonyl (C=O) groups is 1. The molecule has 0 N–H and O–H groups in total.